The van der Waals surface area contributed by atoms with Gasteiger partial charge in [-0.3, -0.25) is 9.80 Å². The normalized spacial score (nSPS) is 17.5. The summed E-state index contributed by atoms with van der Waals surface area (Å²) in [5.41, 5.74) is 0. The number of rotatable bonds is 9. The molecule has 0 aromatic carbocycles. The number of hydrogen-bond donors (Lipinski definition) is 2. The summed E-state index contributed by atoms with van der Waals surface area (Å²) < 4.78 is 0. The highest BCUT2D eigenvalue weighted by Gasteiger charge is 2.23. The predicted molar refractivity (Wildman–Crippen MR) is 71.9 cm³/mol. The van der Waals surface area contributed by atoms with Crippen LogP contribution in [0.5, 0.6) is 0 Å². The molecule has 0 saturated carbocycles. The Balaban J connectivity index is 4.69. The zero-order valence-corrected chi connectivity index (χ0v) is 12.1. The molecule has 0 aromatic heterocycles. The van der Waals surface area contributed by atoms with Crippen LogP contribution in [0.2, 0.25) is 0 Å². The van der Waals surface area contributed by atoms with Crippen LogP contribution in [0.25, 0.3) is 0 Å². The van der Waals surface area contributed by atoms with Gasteiger partial charge in [-0.2, -0.15) is 0 Å². The summed E-state index contributed by atoms with van der Waals surface area (Å²) in [6.45, 7) is 13.2. The molecule has 17 heavy (non-hydrogen) atoms. The topological polar surface area (TPSA) is 46.9 Å². The van der Waals surface area contributed by atoms with E-state index in [4.69, 9.17) is 0 Å². The monoisotopic (exact) mass is 246 g/mol. The maximum atomic E-state index is 9.57. The summed E-state index contributed by atoms with van der Waals surface area (Å²) in [4.78, 5) is 4.55. The largest absolute Gasteiger partial charge is 0.392 e. The first kappa shape index (κ1) is 16.8. The van der Waals surface area contributed by atoms with Gasteiger partial charge >= 0.3 is 0 Å². The van der Waals surface area contributed by atoms with Gasteiger partial charge in [0.15, 0.2) is 0 Å². The Kier molecular flexibility index (Phi) is 8.78. The molecule has 0 aromatic rings. The summed E-state index contributed by atoms with van der Waals surface area (Å²) in [6, 6.07) is 0. The van der Waals surface area contributed by atoms with Gasteiger partial charge in [0.1, 0.15) is 0 Å². The molecule has 104 valence electrons. The van der Waals surface area contributed by atoms with Gasteiger partial charge in [-0.15, -0.1) is 0 Å². The van der Waals surface area contributed by atoms with Crippen LogP contribution in [-0.2, 0) is 0 Å². The lowest BCUT2D eigenvalue weighted by atomic mass is 10.2. The lowest BCUT2D eigenvalue weighted by molar-refractivity contribution is -0.00790. The van der Waals surface area contributed by atoms with Crippen molar-refractivity contribution in [2.24, 2.45) is 0 Å². The SMILES string of the molecule is CCC(N(CC)CC)N(CC(C)O)CC(C)O. The van der Waals surface area contributed by atoms with Crippen molar-refractivity contribution in [2.75, 3.05) is 26.2 Å². The first-order valence-corrected chi connectivity index (χ1v) is 6.80. The average Bonchev–Trinajstić information content (AvgIpc) is 2.23. The second kappa shape index (κ2) is 8.86. The van der Waals surface area contributed by atoms with Crippen LogP contribution >= 0.6 is 0 Å². The smallest absolute Gasteiger partial charge is 0.0639 e. The van der Waals surface area contributed by atoms with Gasteiger partial charge in [0.25, 0.3) is 0 Å². The van der Waals surface area contributed by atoms with Crippen molar-refractivity contribution in [3.8, 4) is 0 Å². The molecule has 0 amide bonds. The third-order valence-corrected chi connectivity index (χ3v) is 3.02. The van der Waals surface area contributed by atoms with Crippen LogP contribution in [0.3, 0.4) is 0 Å². The van der Waals surface area contributed by atoms with E-state index in [-0.39, 0.29) is 12.2 Å². The van der Waals surface area contributed by atoms with Gasteiger partial charge in [0.05, 0.1) is 18.4 Å². The molecule has 0 aliphatic rings. The summed E-state index contributed by atoms with van der Waals surface area (Å²) in [5, 5.41) is 19.1. The Morgan fingerprint density at radius 1 is 0.824 bits per heavy atom. The highest BCUT2D eigenvalue weighted by atomic mass is 16.3. The van der Waals surface area contributed by atoms with Gasteiger partial charge in [-0.25, -0.2) is 0 Å². The van der Waals surface area contributed by atoms with E-state index >= 15 is 0 Å². The van der Waals surface area contributed by atoms with Crippen LogP contribution in [0.15, 0.2) is 0 Å². The molecule has 4 heteroatoms. The van der Waals surface area contributed by atoms with E-state index in [0.717, 1.165) is 19.5 Å². The summed E-state index contributed by atoms with van der Waals surface area (Å²) in [7, 11) is 0. The summed E-state index contributed by atoms with van der Waals surface area (Å²) in [5.74, 6) is 0. The Labute approximate surface area is 106 Å². The summed E-state index contributed by atoms with van der Waals surface area (Å²) in [6.07, 6.45) is 0.576. The minimum absolute atomic E-state index is 0.300. The highest BCUT2D eigenvalue weighted by Crippen LogP contribution is 2.12. The van der Waals surface area contributed by atoms with Crippen molar-refractivity contribution in [3.63, 3.8) is 0 Å². The maximum absolute atomic E-state index is 9.57. The molecular formula is C13H30N2O2. The Bertz CT molecular complexity index is 172. The van der Waals surface area contributed by atoms with E-state index in [1.165, 1.54) is 0 Å². The Hall–Kier alpha value is -0.160. The first-order valence-electron chi connectivity index (χ1n) is 6.80. The second-order valence-electron chi connectivity index (χ2n) is 4.76. The van der Waals surface area contributed by atoms with E-state index in [1.807, 2.05) is 0 Å². The molecule has 3 atom stereocenters. The van der Waals surface area contributed by atoms with Crippen LogP contribution in [0, 0.1) is 0 Å². The lowest BCUT2D eigenvalue weighted by Gasteiger charge is -2.39. The zero-order valence-electron chi connectivity index (χ0n) is 12.1. The summed E-state index contributed by atoms with van der Waals surface area (Å²) >= 11 is 0. The number of hydrogen-bond acceptors (Lipinski definition) is 4. The minimum Gasteiger partial charge on any atom is -0.392 e. The van der Waals surface area contributed by atoms with Crippen LogP contribution < -0.4 is 0 Å². The Morgan fingerprint density at radius 2 is 1.24 bits per heavy atom. The van der Waals surface area contributed by atoms with Gasteiger partial charge in [-0.1, -0.05) is 20.8 Å². The number of aliphatic hydroxyl groups excluding tert-OH is 2. The van der Waals surface area contributed by atoms with E-state index < -0.39 is 0 Å². The van der Waals surface area contributed by atoms with Crippen molar-refractivity contribution in [2.45, 2.75) is 59.4 Å². The molecule has 2 N–H and O–H groups in total. The van der Waals surface area contributed by atoms with E-state index in [0.29, 0.717) is 19.3 Å². The lowest BCUT2D eigenvalue weighted by Crippen LogP contribution is -2.52. The van der Waals surface area contributed by atoms with Gasteiger partial charge < -0.3 is 10.2 Å². The minimum atomic E-state index is -0.363. The molecule has 0 saturated heterocycles. The third-order valence-electron chi connectivity index (χ3n) is 3.02. The molecular weight excluding hydrogens is 216 g/mol. The molecule has 0 rings (SSSR count). The highest BCUT2D eigenvalue weighted by molar-refractivity contribution is 4.74. The van der Waals surface area contributed by atoms with Crippen molar-refractivity contribution in [3.05, 3.63) is 0 Å². The molecule has 0 bridgehead atoms. The van der Waals surface area contributed by atoms with Gasteiger partial charge in [0, 0.05) is 13.1 Å². The molecule has 0 aliphatic heterocycles. The Morgan fingerprint density at radius 3 is 1.47 bits per heavy atom. The zero-order chi connectivity index (χ0) is 13.4. The van der Waals surface area contributed by atoms with Crippen molar-refractivity contribution >= 4 is 0 Å². The predicted octanol–water partition coefficient (Wildman–Crippen LogP) is 1.13. The molecule has 4 nitrogen and oxygen atoms in total. The molecule has 0 spiro atoms. The average molecular weight is 246 g/mol. The fourth-order valence-electron chi connectivity index (χ4n) is 2.39. The second-order valence-corrected chi connectivity index (χ2v) is 4.76. The van der Waals surface area contributed by atoms with Gasteiger partial charge in [-0.05, 0) is 33.4 Å². The fraction of sp³-hybridized carbons (Fsp3) is 1.00. The third kappa shape index (κ3) is 6.36. The molecule has 0 fully saturated rings. The van der Waals surface area contributed by atoms with E-state index in [2.05, 4.69) is 30.6 Å². The van der Waals surface area contributed by atoms with Crippen molar-refractivity contribution in [1.82, 2.24) is 9.80 Å². The molecule has 3 unspecified atom stereocenters. The molecule has 0 aliphatic carbocycles. The van der Waals surface area contributed by atoms with E-state index in [1.54, 1.807) is 13.8 Å². The standard InChI is InChI=1S/C13H30N2O2/c1-6-13(14(7-2)8-3)15(9-11(4)16)10-12(5)17/h11-13,16-17H,6-10H2,1-5H3. The fourth-order valence-corrected chi connectivity index (χ4v) is 2.39. The quantitative estimate of drug-likeness (QED) is 0.599. The van der Waals surface area contributed by atoms with Crippen molar-refractivity contribution in [1.29, 1.82) is 0 Å². The van der Waals surface area contributed by atoms with Crippen LogP contribution in [0.4, 0.5) is 0 Å². The number of nitrogens with zero attached hydrogens (tertiary/aromatic N) is 2. The van der Waals surface area contributed by atoms with E-state index in [9.17, 15) is 10.2 Å². The number of aliphatic hydroxyl groups is 2. The van der Waals surface area contributed by atoms with Gasteiger partial charge in [0.2, 0.25) is 0 Å². The van der Waals surface area contributed by atoms with Crippen LogP contribution in [0.1, 0.15) is 41.0 Å². The van der Waals surface area contributed by atoms with Crippen LogP contribution in [-0.4, -0.2) is 64.6 Å². The molecule has 0 heterocycles. The van der Waals surface area contributed by atoms with Crippen molar-refractivity contribution < 1.29 is 10.2 Å². The first-order chi connectivity index (χ1) is 7.96. The maximum Gasteiger partial charge on any atom is 0.0639 e. The molecule has 0 radical (unpaired) electrons.